The van der Waals surface area contributed by atoms with E-state index in [2.05, 4.69) is 14.7 Å². The lowest BCUT2D eigenvalue weighted by Gasteiger charge is -2.13. The molecule has 10 heteroatoms. The smallest absolute Gasteiger partial charge is 0.340 e. The van der Waals surface area contributed by atoms with Gasteiger partial charge in [0.25, 0.3) is 0 Å². The van der Waals surface area contributed by atoms with Crippen molar-refractivity contribution in [1.29, 1.82) is 5.26 Å². The van der Waals surface area contributed by atoms with E-state index in [-0.39, 0.29) is 24.7 Å². The number of amides is 1. The summed E-state index contributed by atoms with van der Waals surface area (Å²) in [6, 6.07) is 4.96. The molecule has 0 aromatic carbocycles. The molecule has 0 radical (unpaired) electrons. The molecule has 0 saturated carbocycles. The highest BCUT2D eigenvalue weighted by atomic mass is 32.1. The molecule has 0 aliphatic carbocycles. The van der Waals surface area contributed by atoms with Crippen LogP contribution < -0.4 is 0 Å². The van der Waals surface area contributed by atoms with Gasteiger partial charge in [-0.05, 0) is 12.1 Å². The van der Waals surface area contributed by atoms with E-state index >= 15 is 0 Å². The molecule has 6 nitrogen and oxygen atoms in total. The second kappa shape index (κ2) is 6.15. The van der Waals surface area contributed by atoms with Gasteiger partial charge in [-0.3, -0.25) is 4.79 Å². The van der Waals surface area contributed by atoms with E-state index in [0.29, 0.717) is 4.88 Å². The second-order valence-corrected chi connectivity index (χ2v) is 5.44. The molecule has 22 heavy (non-hydrogen) atoms. The molecule has 0 aliphatic heterocycles. The lowest BCUT2D eigenvalue weighted by Crippen LogP contribution is -2.24. The monoisotopic (exact) mass is 330 g/mol. The molecule has 2 heterocycles. The van der Waals surface area contributed by atoms with E-state index in [1.807, 2.05) is 0 Å². The summed E-state index contributed by atoms with van der Waals surface area (Å²) >= 11 is 1.14. The van der Waals surface area contributed by atoms with Crippen LogP contribution in [-0.2, 0) is 17.5 Å². The number of aromatic nitrogens is 2. The lowest BCUT2D eigenvalue weighted by molar-refractivity contribution is -0.159. The Morgan fingerprint density at radius 1 is 1.50 bits per heavy atom. The maximum Gasteiger partial charge on any atom is 0.471 e. The molecule has 0 fully saturated rings. The molecule has 116 valence electrons. The number of rotatable bonds is 4. The average Bonchev–Trinajstić information content (AvgIpc) is 3.06. The molecular formula is C12H9F3N4O2S. The molecule has 0 unspecified atom stereocenters. The normalized spacial score (nSPS) is 11.2. The summed E-state index contributed by atoms with van der Waals surface area (Å²) in [7, 11) is 1.54. The maximum atomic E-state index is 12.4. The molecule has 0 N–H and O–H groups in total. The van der Waals surface area contributed by atoms with Crippen molar-refractivity contribution in [3.05, 3.63) is 22.9 Å². The van der Waals surface area contributed by atoms with Crippen LogP contribution in [0, 0.1) is 11.3 Å². The minimum absolute atomic E-state index is 0.158. The van der Waals surface area contributed by atoms with Gasteiger partial charge in [-0.25, -0.2) is 0 Å². The molecule has 0 saturated heterocycles. The Morgan fingerprint density at radius 3 is 2.82 bits per heavy atom. The summed E-state index contributed by atoms with van der Waals surface area (Å²) in [5, 5.41) is 11.7. The number of halogens is 3. The zero-order valence-corrected chi connectivity index (χ0v) is 12.0. The largest absolute Gasteiger partial charge is 0.471 e. The van der Waals surface area contributed by atoms with Crippen molar-refractivity contribution >= 4 is 17.2 Å². The standard InChI is InChI=1S/C12H9F3N4O2S/c1-19(9(20)4-5-16)6-7-2-3-8(22-7)10-17-11(21-18-10)12(13,14)15/h2-3H,4,6H2,1H3. The number of nitriles is 1. The molecule has 0 atom stereocenters. The van der Waals surface area contributed by atoms with Gasteiger partial charge in [0, 0.05) is 11.9 Å². The Bertz CT molecular complexity index is 717. The quantitative estimate of drug-likeness (QED) is 0.860. The van der Waals surface area contributed by atoms with Crippen molar-refractivity contribution < 1.29 is 22.5 Å². The zero-order chi connectivity index (χ0) is 16.3. The summed E-state index contributed by atoms with van der Waals surface area (Å²) in [6.45, 7) is 0.245. The predicted octanol–water partition coefficient (Wildman–Crippen LogP) is 2.69. The number of carbonyl (C=O) groups excluding carboxylic acids is 1. The Labute approximate surface area is 126 Å². The van der Waals surface area contributed by atoms with Crippen LogP contribution >= 0.6 is 11.3 Å². The van der Waals surface area contributed by atoms with Crippen LogP contribution in [0.2, 0.25) is 0 Å². The third-order valence-electron chi connectivity index (χ3n) is 2.60. The Morgan fingerprint density at radius 2 is 2.23 bits per heavy atom. The number of carbonyl (C=O) groups is 1. The third kappa shape index (κ3) is 3.62. The Hall–Kier alpha value is -2.41. The van der Waals surface area contributed by atoms with Crippen molar-refractivity contribution in [3.63, 3.8) is 0 Å². The first kappa shape index (κ1) is 16.0. The van der Waals surface area contributed by atoms with Gasteiger partial charge < -0.3 is 9.42 Å². The van der Waals surface area contributed by atoms with Crippen molar-refractivity contribution in [2.75, 3.05) is 7.05 Å². The number of alkyl halides is 3. The zero-order valence-electron chi connectivity index (χ0n) is 11.2. The van der Waals surface area contributed by atoms with E-state index in [0.717, 1.165) is 16.2 Å². The van der Waals surface area contributed by atoms with Crippen molar-refractivity contribution in [2.45, 2.75) is 19.1 Å². The van der Waals surface area contributed by atoms with Crippen LogP contribution in [-0.4, -0.2) is 28.0 Å². The SMILES string of the molecule is CN(Cc1ccc(-c2noc(C(F)(F)F)n2)s1)C(=O)CC#N. The molecule has 2 aromatic rings. The van der Waals surface area contributed by atoms with E-state index in [4.69, 9.17) is 5.26 Å². The highest BCUT2D eigenvalue weighted by Gasteiger charge is 2.38. The lowest BCUT2D eigenvalue weighted by atomic mass is 10.3. The highest BCUT2D eigenvalue weighted by molar-refractivity contribution is 7.15. The summed E-state index contributed by atoms with van der Waals surface area (Å²) in [5.41, 5.74) is 0. The first-order valence-electron chi connectivity index (χ1n) is 5.92. The fourth-order valence-corrected chi connectivity index (χ4v) is 2.53. The summed E-state index contributed by atoms with van der Waals surface area (Å²) in [6.07, 6.45) is -4.91. The van der Waals surface area contributed by atoms with E-state index in [1.165, 1.54) is 11.9 Å². The van der Waals surface area contributed by atoms with Crippen LogP contribution in [0.4, 0.5) is 13.2 Å². The van der Waals surface area contributed by atoms with Crippen LogP contribution in [0.3, 0.4) is 0 Å². The van der Waals surface area contributed by atoms with Crippen molar-refractivity contribution in [1.82, 2.24) is 15.0 Å². The van der Waals surface area contributed by atoms with Gasteiger partial charge >= 0.3 is 12.1 Å². The average molecular weight is 330 g/mol. The van der Waals surface area contributed by atoms with E-state index in [9.17, 15) is 18.0 Å². The number of nitrogens with zero attached hydrogens (tertiary/aromatic N) is 4. The van der Waals surface area contributed by atoms with Crippen molar-refractivity contribution in [3.8, 4) is 16.8 Å². The van der Waals surface area contributed by atoms with Crippen LogP contribution in [0.25, 0.3) is 10.7 Å². The first-order chi connectivity index (χ1) is 10.3. The topological polar surface area (TPSA) is 83.0 Å². The van der Waals surface area contributed by atoms with E-state index in [1.54, 1.807) is 18.2 Å². The second-order valence-electron chi connectivity index (χ2n) is 4.27. The van der Waals surface area contributed by atoms with Gasteiger partial charge in [0.15, 0.2) is 0 Å². The molecule has 2 rings (SSSR count). The van der Waals surface area contributed by atoms with Gasteiger partial charge in [-0.1, -0.05) is 5.16 Å². The van der Waals surface area contributed by atoms with Gasteiger partial charge in [0.05, 0.1) is 17.5 Å². The minimum Gasteiger partial charge on any atom is -0.340 e. The molecule has 0 aliphatic rings. The molecule has 2 aromatic heterocycles. The van der Waals surface area contributed by atoms with Gasteiger partial charge in [0.2, 0.25) is 11.7 Å². The molecule has 0 bridgehead atoms. The Balaban J connectivity index is 2.10. The van der Waals surface area contributed by atoms with Crippen molar-refractivity contribution in [2.24, 2.45) is 0 Å². The minimum atomic E-state index is -4.69. The predicted molar refractivity (Wildman–Crippen MR) is 69.3 cm³/mol. The Kier molecular flexibility index (Phi) is 4.46. The molecular weight excluding hydrogens is 321 g/mol. The van der Waals surface area contributed by atoms with Gasteiger partial charge in [-0.15, -0.1) is 11.3 Å². The van der Waals surface area contributed by atoms with Crippen LogP contribution in [0.15, 0.2) is 16.7 Å². The van der Waals surface area contributed by atoms with Crippen LogP contribution in [0.5, 0.6) is 0 Å². The fraction of sp³-hybridized carbons (Fsp3) is 0.333. The molecule has 1 amide bonds. The number of hydrogen-bond acceptors (Lipinski definition) is 6. The highest BCUT2D eigenvalue weighted by Crippen LogP contribution is 2.31. The van der Waals surface area contributed by atoms with E-state index < -0.39 is 12.1 Å². The number of hydrogen-bond donors (Lipinski definition) is 0. The summed E-state index contributed by atoms with van der Waals surface area (Å²) < 4.78 is 41.3. The summed E-state index contributed by atoms with van der Waals surface area (Å²) in [5.74, 6) is -1.90. The fourth-order valence-electron chi connectivity index (χ4n) is 1.55. The van der Waals surface area contributed by atoms with Crippen LogP contribution in [0.1, 0.15) is 17.2 Å². The summed E-state index contributed by atoms with van der Waals surface area (Å²) in [4.78, 5) is 17.3. The molecule has 0 spiro atoms. The maximum absolute atomic E-state index is 12.4. The van der Waals surface area contributed by atoms with Gasteiger partial charge in [0.1, 0.15) is 6.42 Å². The number of thiophene rings is 1. The third-order valence-corrected chi connectivity index (χ3v) is 3.67. The first-order valence-corrected chi connectivity index (χ1v) is 6.74. The van der Waals surface area contributed by atoms with Gasteiger partial charge in [-0.2, -0.15) is 23.4 Å².